The van der Waals surface area contributed by atoms with E-state index >= 15 is 0 Å². The Morgan fingerprint density at radius 1 is 1.00 bits per heavy atom. The average molecular weight is 491 g/mol. The summed E-state index contributed by atoms with van der Waals surface area (Å²) < 4.78 is 18.0. The highest BCUT2D eigenvalue weighted by Crippen LogP contribution is 2.42. The van der Waals surface area contributed by atoms with Crippen LogP contribution in [0.2, 0.25) is 0 Å². The number of ether oxygens (including phenoxy) is 3. The number of thioether (sulfide) groups is 1. The molecule has 1 aliphatic carbocycles. The first-order valence-corrected chi connectivity index (χ1v) is 12.3. The summed E-state index contributed by atoms with van der Waals surface area (Å²) in [4.78, 5) is 22.4. The third kappa shape index (κ3) is 4.55. The Bertz CT molecular complexity index is 1380. The van der Waals surface area contributed by atoms with E-state index in [1.54, 1.807) is 43.8 Å². The van der Waals surface area contributed by atoms with E-state index in [1.807, 2.05) is 12.1 Å². The van der Waals surface area contributed by atoms with Gasteiger partial charge in [0.2, 0.25) is 10.9 Å². The summed E-state index contributed by atoms with van der Waals surface area (Å²) in [5.74, 6) is 2.89. The van der Waals surface area contributed by atoms with Crippen LogP contribution in [0.15, 0.2) is 47.8 Å². The number of hydrogen-bond donors (Lipinski definition) is 0. The van der Waals surface area contributed by atoms with Gasteiger partial charge in [0.25, 0.3) is 5.78 Å². The Labute approximate surface area is 207 Å². The summed E-state index contributed by atoms with van der Waals surface area (Å²) >= 11 is 1.55. The van der Waals surface area contributed by atoms with E-state index in [9.17, 15) is 4.79 Å². The molecule has 1 atom stereocenters. The van der Waals surface area contributed by atoms with Crippen molar-refractivity contribution in [2.24, 2.45) is 0 Å². The number of rotatable bonds is 7. The van der Waals surface area contributed by atoms with Gasteiger partial charge in [0, 0.05) is 18.4 Å². The Kier molecular flexibility index (Phi) is 6.34. The topological polar surface area (TPSA) is 87.8 Å². The van der Waals surface area contributed by atoms with Crippen LogP contribution in [-0.4, -0.2) is 46.7 Å². The lowest BCUT2D eigenvalue weighted by atomic mass is 9.82. The number of fused-ring (bicyclic) bond motifs is 2. The molecule has 8 nitrogen and oxygen atoms in total. The molecular weight excluding hydrogens is 464 g/mol. The molecule has 0 bridgehead atoms. The summed E-state index contributed by atoms with van der Waals surface area (Å²) in [6.45, 7) is 2.07. The zero-order valence-corrected chi connectivity index (χ0v) is 20.9. The molecule has 4 aromatic rings. The van der Waals surface area contributed by atoms with Gasteiger partial charge >= 0.3 is 0 Å². The Balaban J connectivity index is 1.41. The van der Waals surface area contributed by atoms with Gasteiger partial charge in [0.05, 0.1) is 32.6 Å². The monoisotopic (exact) mass is 490 g/mol. The number of aryl methyl sites for hydroxylation is 1. The van der Waals surface area contributed by atoms with Gasteiger partial charge in [-0.3, -0.25) is 4.79 Å². The van der Waals surface area contributed by atoms with Gasteiger partial charge in [-0.25, -0.2) is 9.50 Å². The normalized spacial score (nSPS) is 15.2. The molecule has 0 saturated carbocycles. The van der Waals surface area contributed by atoms with Gasteiger partial charge < -0.3 is 14.2 Å². The van der Waals surface area contributed by atoms with Crippen LogP contribution in [0.3, 0.4) is 0 Å². The molecule has 2 aromatic carbocycles. The minimum atomic E-state index is -0.0584. The predicted octanol–water partition coefficient (Wildman–Crippen LogP) is 4.66. The van der Waals surface area contributed by atoms with Crippen molar-refractivity contribution in [3.8, 4) is 17.2 Å². The maximum Gasteiger partial charge on any atom is 0.253 e. The van der Waals surface area contributed by atoms with Crippen molar-refractivity contribution in [3.05, 3.63) is 70.5 Å². The van der Waals surface area contributed by atoms with Crippen LogP contribution in [0, 0.1) is 6.92 Å². The second kappa shape index (κ2) is 9.58. The number of benzene rings is 2. The van der Waals surface area contributed by atoms with Gasteiger partial charge in [-0.1, -0.05) is 41.6 Å². The quantitative estimate of drug-likeness (QED) is 0.346. The Morgan fingerprint density at radius 2 is 1.71 bits per heavy atom. The number of hydrogen-bond acceptors (Lipinski definition) is 8. The molecule has 2 aromatic heterocycles. The second-order valence-electron chi connectivity index (χ2n) is 8.50. The molecule has 180 valence electrons. The number of ketones is 1. The smallest absolute Gasteiger partial charge is 0.253 e. The minimum Gasteiger partial charge on any atom is -0.493 e. The van der Waals surface area contributed by atoms with E-state index in [0.29, 0.717) is 46.6 Å². The van der Waals surface area contributed by atoms with Crippen LogP contribution in [-0.2, 0) is 12.2 Å². The fraction of sp³-hybridized carbons (Fsp3) is 0.308. The summed E-state index contributed by atoms with van der Waals surface area (Å²) in [7, 11) is 4.74. The third-order valence-corrected chi connectivity index (χ3v) is 7.12. The van der Waals surface area contributed by atoms with Crippen LogP contribution in [0.5, 0.6) is 17.2 Å². The molecule has 0 spiro atoms. The zero-order chi connectivity index (χ0) is 24.5. The Hall–Kier alpha value is -3.59. The van der Waals surface area contributed by atoms with Gasteiger partial charge in [0.15, 0.2) is 17.3 Å². The average Bonchev–Trinajstić information content (AvgIpc) is 3.28. The van der Waals surface area contributed by atoms with Crippen LogP contribution in [0.4, 0.5) is 0 Å². The van der Waals surface area contributed by atoms with Gasteiger partial charge in [-0.2, -0.15) is 4.98 Å². The lowest BCUT2D eigenvalue weighted by Gasteiger charge is -2.24. The number of Topliss-reactive ketones (excluding diaryl/α,β-unsaturated/α-hetero) is 1. The number of nitrogens with zero attached hydrogens (tertiary/aromatic N) is 4. The summed E-state index contributed by atoms with van der Waals surface area (Å²) in [5, 5.41) is 5.17. The minimum absolute atomic E-state index is 0.0313. The SMILES string of the molecule is COc1cc(C2CC(=O)c3cn4nc(SCc5ccc(C)cc5)nc4nc3C2)cc(OC)c1OC. The van der Waals surface area contributed by atoms with Crippen molar-refractivity contribution < 1.29 is 19.0 Å². The van der Waals surface area contributed by atoms with Crippen LogP contribution in [0.25, 0.3) is 5.78 Å². The second-order valence-corrected chi connectivity index (χ2v) is 9.44. The van der Waals surface area contributed by atoms with E-state index in [2.05, 4.69) is 41.3 Å². The molecule has 1 unspecified atom stereocenters. The first kappa shape index (κ1) is 23.2. The van der Waals surface area contributed by atoms with Crippen molar-refractivity contribution in [1.82, 2.24) is 19.6 Å². The highest BCUT2D eigenvalue weighted by molar-refractivity contribution is 7.98. The maximum absolute atomic E-state index is 13.1. The fourth-order valence-corrected chi connectivity index (χ4v) is 5.11. The maximum atomic E-state index is 13.1. The van der Waals surface area contributed by atoms with Crippen molar-refractivity contribution in [1.29, 1.82) is 0 Å². The lowest BCUT2D eigenvalue weighted by molar-refractivity contribution is 0.0962. The highest BCUT2D eigenvalue weighted by atomic mass is 32.2. The molecule has 5 rings (SSSR count). The van der Waals surface area contributed by atoms with Gasteiger partial charge in [-0.15, -0.1) is 5.10 Å². The third-order valence-electron chi connectivity index (χ3n) is 6.21. The molecular formula is C26H26N4O4S. The molecule has 0 aliphatic heterocycles. The van der Waals surface area contributed by atoms with E-state index < -0.39 is 0 Å². The molecule has 2 heterocycles. The van der Waals surface area contributed by atoms with Crippen LogP contribution < -0.4 is 14.2 Å². The molecule has 0 saturated heterocycles. The summed E-state index contributed by atoms with van der Waals surface area (Å²) in [6, 6.07) is 12.2. The fourth-order valence-electron chi connectivity index (χ4n) is 4.33. The number of methoxy groups -OCH3 is 3. The van der Waals surface area contributed by atoms with Crippen molar-refractivity contribution in [2.45, 2.75) is 36.6 Å². The van der Waals surface area contributed by atoms with Crippen molar-refractivity contribution in [2.75, 3.05) is 21.3 Å². The van der Waals surface area contributed by atoms with Crippen LogP contribution in [0.1, 0.15) is 45.1 Å². The van der Waals surface area contributed by atoms with Crippen molar-refractivity contribution >= 4 is 23.3 Å². The number of aromatic nitrogens is 4. The van der Waals surface area contributed by atoms with E-state index in [4.69, 9.17) is 19.2 Å². The van der Waals surface area contributed by atoms with E-state index in [0.717, 1.165) is 17.0 Å². The van der Waals surface area contributed by atoms with E-state index in [-0.39, 0.29) is 11.7 Å². The molecule has 0 N–H and O–H groups in total. The number of carbonyl (C=O) groups excluding carboxylic acids is 1. The van der Waals surface area contributed by atoms with Crippen molar-refractivity contribution in [3.63, 3.8) is 0 Å². The molecule has 0 radical (unpaired) electrons. The van der Waals surface area contributed by atoms with Gasteiger partial charge in [-0.05, 0) is 42.5 Å². The van der Waals surface area contributed by atoms with Crippen LogP contribution >= 0.6 is 11.8 Å². The largest absolute Gasteiger partial charge is 0.493 e. The standard InChI is InChI=1S/C26H26N4O4S/c1-15-5-7-16(8-6-15)14-35-26-28-25-27-20-9-17(10-21(31)19(20)13-30(25)29-26)18-11-22(32-2)24(34-4)23(12-18)33-3/h5-8,11-13,17H,9-10,14H2,1-4H3. The van der Waals surface area contributed by atoms with Gasteiger partial charge in [0.1, 0.15) is 0 Å². The molecule has 1 aliphatic rings. The predicted molar refractivity (Wildman–Crippen MR) is 133 cm³/mol. The first-order chi connectivity index (χ1) is 17.0. The Morgan fingerprint density at radius 3 is 2.37 bits per heavy atom. The zero-order valence-electron chi connectivity index (χ0n) is 20.1. The molecule has 0 fully saturated rings. The number of carbonyl (C=O) groups is 1. The molecule has 0 amide bonds. The summed E-state index contributed by atoms with van der Waals surface area (Å²) in [5.41, 5.74) is 4.70. The lowest BCUT2D eigenvalue weighted by Crippen LogP contribution is -2.21. The highest BCUT2D eigenvalue weighted by Gasteiger charge is 2.30. The molecule has 9 heteroatoms. The first-order valence-electron chi connectivity index (χ1n) is 11.3. The molecule has 35 heavy (non-hydrogen) atoms. The van der Waals surface area contributed by atoms with E-state index in [1.165, 1.54) is 11.1 Å². The summed E-state index contributed by atoms with van der Waals surface area (Å²) in [6.07, 6.45) is 2.73.